The molecule has 0 saturated carbocycles. The van der Waals surface area contributed by atoms with Crippen molar-refractivity contribution >= 4 is 14.6 Å². The highest BCUT2D eigenvalue weighted by Gasteiger charge is 2.19. The van der Waals surface area contributed by atoms with Crippen LogP contribution in [-0.4, -0.2) is 50.4 Å². The first-order valence-corrected chi connectivity index (χ1v) is 16.1. The van der Waals surface area contributed by atoms with E-state index in [4.69, 9.17) is 18.5 Å². The lowest BCUT2D eigenvalue weighted by Crippen LogP contribution is -2.79. The van der Waals surface area contributed by atoms with E-state index in [9.17, 15) is 9.69 Å². The number of para-hydroxylation sites is 1. The Morgan fingerprint density at radius 2 is 1.47 bits per heavy atom. The first kappa shape index (κ1) is 34.8. The summed E-state index contributed by atoms with van der Waals surface area (Å²) < 4.78 is 22.4. The van der Waals surface area contributed by atoms with Crippen LogP contribution in [0.3, 0.4) is 0 Å². The van der Waals surface area contributed by atoms with Gasteiger partial charge in [-0.3, -0.25) is 4.79 Å². The quantitative estimate of drug-likeness (QED) is 0.0773. The Morgan fingerprint density at radius 3 is 2.11 bits per heavy atom. The summed E-state index contributed by atoms with van der Waals surface area (Å²) in [5, 5.41) is 2.11. The van der Waals surface area contributed by atoms with E-state index in [1.54, 1.807) is 0 Å². The van der Waals surface area contributed by atoms with Gasteiger partial charge in [-0.1, -0.05) is 95.8 Å². The Kier molecular flexibility index (Phi) is 22.7. The topological polar surface area (TPSA) is 90.8 Å². The smallest absolute Gasteiger partial charge is 0.329 e. The number of carbonyl (C=O) groups is 1. The monoisotopic (exact) mass is 556 g/mol. The van der Waals surface area contributed by atoms with E-state index in [1.165, 1.54) is 77.6 Å². The van der Waals surface area contributed by atoms with Crippen LogP contribution in [0.4, 0.5) is 0 Å². The second kappa shape index (κ2) is 24.8. The lowest BCUT2D eigenvalue weighted by molar-refractivity contribution is -0.627. The summed E-state index contributed by atoms with van der Waals surface area (Å²) in [7, 11) is 0.0301. The number of unbranched alkanes of at least 4 members (excludes halogenated alkanes) is 12. The Bertz CT molecular complexity index is 692. The van der Waals surface area contributed by atoms with Crippen LogP contribution in [0.1, 0.15) is 109 Å². The molecule has 2 unspecified atom stereocenters. The summed E-state index contributed by atoms with van der Waals surface area (Å²) in [6, 6.07) is 7.84. The number of benzene rings is 1. The fourth-order valence-electron chi connectivity index (χ4n) is 4.33. The molecule has 1 aromatic carbocycles. The number of nitrogens with two attached hydrogens (primary N) is 1. The van der Waals surface area contributed by atoms with Crippen molar-refractivity contribution in [2.24, 2.45) is 0 Å². The summed E-state index contributed by atoms with van der Waals surface area (Å²) in [4.78, 5) is 21.7. The standard InChI is InChI=1S/C30H54NO6P/c1-4-5-6-7-8-9-10-11-12-13-14-18-23-34-30-21-16-15-20-28(30)25-29(37-27(2)32)26-36-38(33)35-24-19-17-22-31-3/h15-16,20-21,29,31,33H,4-14,17-19,22-26H2,1-3H3/p+1. The van der Waals surface area contributed by atoms with E-state index in [1.807, 2.05) is 31.3 Å². The molecule has 1 aromatic rings. The summed E-state index contributed by atoms with van der Waals surface area (Å²) in [6.07, 6.45) is 17.6. The Morgan fingerprint density at radius 1 is 0.868 bits per heavy atom. The molecule has 0 aliphatic heterocycles. The molecular weight excluding hydrogens is 501 g/mol. The highest BCUT2D eigenvalue weighted by Crippen LogP contribution is 2.33. The van der Waals surface area contributed by atoms with Gasteiger partial charge in [-0.25, -0.2) is 0 Å². The zero-order valence-corrected chi connectivity index (χ0v) is 25.2. The molecule has 0 aromatic heterocycles. The largest absolute Gasteiger partial charge is 0.493 e. The third kappa shape index (κ3) is 19.8. The van der Waals surface area contributed by atoms with Gasteiger partial charge in [0.2, 0.25) is 0 Å². The lowest BCUT2D eigenvalue weighted by Gasteiger charge is -2.20. The number of rotatable bonds is 26. The van der Waals surface area contributed by atoms with Crippen LogP contribution in [0, 0.1) is 0 Å². The van der Waals surface area contributed by atoms with E-state index in [0.29, 0.717) is 19.6 Å². The summed E-state index contributed by atoms with van der Waals surface area (Å²) in [5.74, 6) is 0.426. The van der Waals surface area contributed by atoms with Crippen molar-refractivity contribution in [2.75, 3.05) is 33.4 Å². The van der Waals surface area contributed by atoms with Crippen molar-refractivity contribution in [3.8, 4) is 5.75 Å². The van der Waals surface area contributed by atoms with Crippen LogP contribution in [-0.2, 0) is 25.0 Å². The third-order valence-corrected chi connectivity index (χ3v) is 7.24. The van der Waals surface area contributed by atoms with Crippen molar-refractivity contribution < 1.29 is 33.5 Å². The van der Waals surface area contributed by atoms with Gasteiger partial charge in [0, 0.05) is 13.3 Å². The average Bonchev–Trinajstić information content (AvgIpc) is 2.90. The van der Waals surface area contributed by atoms with Gasteiger partial charge < -0.3 is 28.7 Å². The Hall–Kier alpha value is -1.24. The number of hydrogen-bond donors (Lipinski definition) is 2. The van der Waals surface area contributed by atoms with Crippen LogP contribution in [0.25, 0.3) is 0 Å². The molecule has 2 atom stereocenters. The predicted molar refractivity (Wildman–Crippen MR) is 155 cm³/mol. The van der Waals surface area contributed by atoms with Crippen LogP contribution < -0.4 is 10.1 Å². The van der Waals surface area contributed by atoms with Gasteiger partial charge in [0.05, 0.1) is 33.4 Å². The van der Waals surface area contributed by atoms with Crippen molar-refractivity contribution in [3.05, 3.63) is 29.8 Å². The molecule has 0 aliphatic carbocycles. The summed E-state index contributed by atoms with van der Waals surface area (Å²) in [6.45, 7) is 5.87. The van der Waals surface area contributed by atoms with Crippen molar-refractivity contribution in [1.82, 2.24) is 0 Å². The van der Waals surface area contributed by atoms with Gasteiger partial charge in [0.1, 0.15) is 11.9 Å². The molecule has 38 heavy (non-hydrogen) atoms. The Balaban J connectivity index is 2.30. The third-order valence-electron chi connectivity index (χ3n) is 6.47. The van der Waals surface area contributed by atoms with Gasteiger partial charge in [-0.15, -0.1) is 0 Å². The Labute approximate surface area is 233 Å². The van der Waals surface area contributed by atoms with E-state index >= 15 is 0 Å². The molecule has 7 nitrogen and oxygen atoms in total. The molecule has 0 fully saturated rings. The van der Waals surface area contributed by atoms with Crippen LogP contribution in [0.5, 0.6) is 5.75 Å². The fourth-order valence-corrected chi connectivity index (χ4v) is 4.98. The lowest BCUT2D eigenvalue weighted by atomic mass is 10.1. The molecule has 1 rings (SSSR count). The predicted octanol–water partition coefficient (Wildman–Crippen LogP) is 6.47. The maximum atomic E-state index is 11.7. The SMILES string of the molecule is CCCCCCCCCCCCCCOc1ccccc1CC(COP(O)OCCCC[NH2+]C)OC(C)=O. The molecule has 0 saturated heterocycles. The zero-order valence-electron chi connectivity index (χ0n) is 24.3. The van der Waals surface area contributed by atoms with Crippen LogP contribution in [0.2, 0.25) is 0 Å². The van der Waals surface area contributed by atoms with Crippen LogP contribution in [0.15, 0.2) is 24.3 Å². The molecule has 8 heteroatoms. The molecular formula is C30H55NO6P+. The van der Waals surface area contributed by atoms with Gasteiger partial charge in [0.15, 0.2) is 0 Å². The molecule has 0 spiro atoms. The number of carbonyl (C=O) groups excluding carboxylic acids is 1. The molecule has 0 amide bonds. The molecule has 0 aliphatic rings. The van der Waals surface area contributed by atoms with E-state index in [2.05, 4.69) is 12.2 Å². The minimum atomic E-state index is -2.00. The normalized spacial score (nSPS) is 12.8. The van der Waals surface area contributed by atoms with Gasteiger partial charge in [-0.2, -0.15) is 0 Å². The highest BCUT2D eigenvalue weighted by molar-refractivity contribution is 7.40. The molecule has 3 N–H and O–H groups in total. The second-order valence-corrected chi connectivity index (χ2v) is 11.0. The molecule has 0 heterocycles. The van der Waals surface area contributed by atoms with Gasteiger partial charge in [0.25, 0.3) is 0 Å². The van der Waals surface area contributed by atoms with E-state index in [0.717, 1.165) is 37.1 Å². The number of quaternary nitrogens is 1. The van der Waals surface area contributed by atoms with Gasteiger partial charge in [-0.05, 0) is 30.9 Å². The van der Waals surface area contributed by atoms with Crippen molar-refractivity contribution in [2.45, 2.75) is 116 Å². The van der Waals surface area contributed by atoms with Crippen LogP contribution >= 0.6 is 8.60 Å². The zero-order chi connectivity index (χ0) is 27.7. The summed E-state index contributed by atoms with van der Waals surface area (Å²) >= 11 is 0. The molecule has 220 valence electrons. The summed E-state index contributed by atoms with van der Waals surface area (Å²) in [5.41, 5.74) is 0.959. The molecule has 0 bridgehead atoms. The van der Waals surface area contributed by atoms with E-state index < -0.39 is 14.7 Å². The average molecular weight is 557 g/mol. The van der Waals surface area contributed by atoms with Gasteiger partial charge >= 0.3 is 14.6 Å². The number of ether oxygens (including phenoxy) is 2. The van der Waals surface area contributed by atoms with E-state index in [-0.39, 0.29) is 12.6 Å². The molecule has 0 radical (unpaired) electrons. The first-order chi connectivity index (χ1) is 18.6. The fraction of sp³-hybridized carbons (Fsp3) is 0.767. The van der Waals surface area contributed by atoms with Crippen molar-refractivity contribution in [3.63, 3.8) is 0 Å². The van der Waals surface area contributed by atoms with Crippen molar-refractivity contribution in [1.29, 1.82) is 0 Å². The maximum absolute atomic E-state index is 11.7. The highest BCUT2D eigenvalue weighted by atomic mass is 31.2. The minimum absolute atomic E-state index is 0.0671. The second-order valence-electron chi connectivity index (χ2n) is 10.1. The number of esters is 1. The minimum Gasteiger partial charge on any atom is -0.493 e. The maximum Gasteiger partial charge on any atom is 0.329 e. The first-order valence-electron chi connectivity index (χ1n) is 15.0. The number of hydrogen-bond acceptors (Lipinski definition) is 6.